The van der Waals surface area contributed by atoms with Crippen molar-refractivity contribution >= 4 is 11.9 Å². The van der Waals surface area contributed by atoms with Gasteiger partial charge in [0.1, 0.15) is 6.61 Å². The zero-order chi connectivity index (χ0) is 24.6. The zero-order valence-electron chi connectivity index (χ0n) is 20.0. The maximum Gasteiger partial charge on any atom is 0.305 e. The number of esters is 2. The van der Waals surface area contributed by atoms with Crippen LogP contribution in [-0.4, -0.2) is 70.0 Å². The lowest BCUT2D eigenvalue weighted by Crippen LogP contribution is -2.27. The summed E-state index contributed by atoms with van der Waals surface area (Å²) < 4.78 is 9.81. The minimum absolute atomic E-state index is 0.114. The molecular formula is C25H42O8. The Balaban J connectivity index is 2.35. The van der Waals surface area contributed by atoms with Gasteiger partial charge in [-0.05, 0) is 31.6 Å². The first-order valence-electron chi connectivity index (χ1n) is 12.1. The lowest BCUT2D eigenvalue weighted by molar-refractivity contribution is -0.159. The lowest BCUT2D eigenvalue weighted by Gasteiger charge is -2.19. The van der Waals surface area contributed by atoms with E-state index in [1.165, 1.54) is 6.92 Å². The SMILES string of the molecule is CCCCC[C@H](O)/C=C/[C@@H]1[C@@H](C/C=C/CCCC(=O)OC[C@H](CO)OC(C)=O)[C@@H](O)C[C@H]1O. The second kappa shape index (κ2) is 16.8. The van der Waals surface area contributed by atoms with Gasteiger partial charge in [-0.15, -0.1) is 0 Å². The molecule has 0 aromatic heterocycles. The van der Waals surface area contributed by atoms with Crippen molar-refractivity contribution in [2.75, 3.05) is 13.2 Å². The molecule has 1 aliphatic rings. The molecule has 1 fully saturated rings. The average molecular weight is 471 g/mol. The van der Waals surface area contributed by atoms with E-state index in [4.69, 9.17) is 14.6 Å². The van der Waals surface area contributed by atoms with Crippen molar-refractivity contribution in [2.24, 2.45) is 11.8 Å². The smallest absolute Gasteiger partial charge is 0.305 e. The Labute approximate surface area is 197 Å². The van der Waals surface area contributed by atoms with E-state index < -0.39 is 43.0 Å². The number of hydrogen-bond acceptors (Lipinski definition) is 8. The highest BCUT2D eigenvalue weighted by atomic mass is 16.6. The van der Waals surface area contributed by atoms with E-state index in [-0.39, 0.29) is 24.9 Å². The van der Waals surface area contributed by atoms with E-state index in [9.17, 15) is 24.9 Å². The predicted octanol–water partition coefficient (Wildman–Crippen LogP) is 2.43. The Kier molecular flexibility index (Phi) is 14.9. The molecule has 0 aromatic rings. The van der Waals surface area contributed by atoms with Gasteiger partial charge in [0, 0.05) is 25.7 Å². The number of aliphatic hydroxyl groups excluding tert-OH is 4. The van der Waals surface area contributed by atoms with Crippen LogP contribution >= 0.6 is 0 Å². The van der Waals surface area contributed by atoms with Crippen molar-refractivity contribution in [2.45, 2.75) is 96.1 Å². The van der Waals surface area contributed by atoms with E-state index in [0.29, 0.717) is 32.1 Å². The number of aliphatic hydroxyl groups is 4. The topological polar surface area (TPSA) is 134 Å². The largest absolute Gasteiger partial charge is 0.462 e. The number of ether oxygens (including phenoxy) is 2. The third-order valence-electron chi connectivity index (χ3n) is 5.87. The third kappa shape index (κ3) is 12.3. The molecule has 1 rings (SSSR count). The summed E-state index contributed by atoms with van der Waals surface area (Å²) in [5.41, 5.74) is 0. The molecule has 8 heteroatoms. The lowest BCUT2D eigenvalue weighted by atomic mass is 9.89. The Morgan fingerprint density at radius 2 is 1.88 bits per heavy atom. The molecule has 0 saturated heterocycles. The average Bonchev–Trinajstić information content (AvgIpc) is 3.04. The molecule has 1 aliphatic carbocycles. The maximum atomic E-state index is 11.8. The van der Waals surface area contributed by atoms with Crippen LogP contribution in [0.2, 0.25) is 0 Å². The summed E-state index contributed by atoms with van der Waals surface area (Å²) in [7, 11) is 0. The molecule has 8 nitrogen and oxygen atoms in total. The van der Waals surface area contributed by atoms with Gasteiger partial charge in [-0.1, -0.05) is 50.5 Å². The van der Waals surface area contributed by atoms with Crippen molar-refractivity contribution in [1.82, 2.24) is 0 Å². The minimum Gasteiger partial charge on any atom is -0.462 e. The molecule has 0 aliphatic heterocycles. The summed E-state index contributed by atoms with van der Waals surface area (Å²) in [4.78, 5) is 22.6. The molecule has 0 radical (unpaired) electrons. The van der Waals surface area contributed by atoms with Crippen LogP contribution in [0.15, 0.2) is 24.3 Å². The van der Waals surface area contributed by atoms with Crippen LogP contribution in [0, 0.1) is 11.8 Å². The third-order valence-corrected chi connectivity index (χ3v) is 5.87. The molecule has 4 N–H and O–H groups in total. The second-order valence-corrected chi connectivity index (χ2v) is 8.76. The van der Waals surface area contributed by atoms with Gasteiger partial charge >= 0.3 is 11.9 Å². The molecule has 0 amide bonds. The highest BCUT2D eigenvalue weighted by Gasteiger charge is 2.39. The van der Waals surface area contributed by atoms with E-state index in [1.807, 2.05) is 18.2 Å². The van der Waals surface area contributed by atoms with Crippen LogP contribution in [-0.2, 0) is 19.1 Å². The van der Waals surface area contributed by atoms with Gasteiger partial charge in [0.25, 0.3) is 0 Å². The summed E-state index contributed by atoms with van der Waals surface area (Å²) >= 11 is 0. The quantitative estimate of drug-likeness (QED) is 0.154. The van der Waals surface area contributed by atoms with Crippen molar-refractivity contribution in [3.8, 4) is 0 Å². The summed E-state index contributed by atoms with van der Waals surface area (Å²) in [6, 6.07) is 0. The van der Waals surface area contributed by atoms with Crippen LogP contribution in [0.1, 0.15) is 71.6 Å². The van der Waals surface area contributed by atoms with E-state index >= 15 is 0 Å². The van der Waals surface area contributed by atoms with Crippen molar-refractivity contribution in [3.05, 3.63) is 24.3 Å². The molecule has 1 saturated carbocycles. The van der Waals surface area contributed by atoms with Crippen molar-refractivity contribution in [3.63, 3.8) is 0 Å². The fourth-order valence-electron chi connectivity index (χ4n) is 4.01. The summed E-state index contributed by atoms with van der Waals surface area (Å²) in [6.07, 6.45) is 11.1. The molecule has 0 spiro atoms. The summed E-state index contributed by atoms with van der Waals surface area (Å²) in [5.74, 6) is -1.28. The first-order chi connectivity index (χ1) is 15.8. The Morgan fingerprint density at radius 1 is 1.12 bits per heavy atom. The molecule has 190 valence electrons. The fourth-order valence-corrected chi connectivity index (χ4v) is 4.01. The van der Waals surface area contributed by atoms with Gasteiger partial charge in [-0.3, -0.25) is 9.59 Å². The molecular weight excluding hydrogens is 428 g/mol. The number of allylic oxidation sites excluding steroid dienone is 2. The first kappa shape index (κ1) is 29.3. The van der Waals surface area contributed by atoms with Gasteiger partial charge in [-0.25, -0.2) is 0 Å². The van der Waals surface area contributed by atoms with E-state index in [1.54, 1.807) is 6.08 Å². The number of rotatable bonds is 16. The second-order valence-electron chi connectivity index (χ2n) is 8.76. The van der Waals surface area contributed by atoms with Gasteiger partial charge < -0.3 is 29.9 Å². The molecule has 6 atom stereocenters. The number of unbranched alkanes of at least 4 members (excludes halogenated alkanes) is 3. The van der Waals surface area contributed by atoms with Crippen molar-refractivity contribution < 1.29 is 39.5 Å². The van der Waals surface area contributed by atoms with Crippen LogP contribution in [0.3, 0.4) is 0 Å². The van der Waals surface area contributed by atoms with E-state index in [2.05, 4.69) is 6.92 Å². The zero-order valence-corrected chi connectivity index (χ0v) is 20.0. The Bertz CT molecular complexity index is 618. The normalized spacial score (nSPS) is 24.9. The van der Waals surface area contributed by atoms with Gasteiger partial charge in [0.2, 0.25) is 0 Å². The number of hydrogen-bond donors (Lipinski definition) is 4. The fraction of sp³-hybridized carbons (Fsp3) is 0.760. The molecule has 0 aromatic carbocycles. The van der Waals surface area contributed by atoms with Gasteiger partial charge in [-0.2, -0.15) is 0 Å². The number of carbonyl (C=O) groups is 2. The van der Waals surface area contributed by atoms with Gasteiger partial charge in [0.15, 0.2) is 6.10 Å². The molecule has 33 heavy (non-hydrogen) atoms. The van der Waals surface area contributed by atoms with Gasteiger partial charge in [0.05, 0.1) is 24.9 Å². The van der Waals surface area contributed by atoms with Crippen molar-refractivity contribution in [1.29, 1.82) is 0 Å². The minimum atomic E-state index is -0.848. The maximum absolute atomic E-state index is 11.8. The number of carbonyl (C=O) groups excluding carboxylic acids is 2. The van der Waals surface area contributed by atoms with Crippen LogP contribution in [0.4, 0.5) is 0 Å². The van der Waals surface area contributed by atoms with E-state index in [0.717, 1.165) is 19.3 Å². The van der Waals surface area contributed by atoms with Crippen LogP contribution < -0.4 is 0 Å². The summed E-state index contributed by atoms with van der Waals surface area (Å²) in [5, 5.41) is 39.8. The Morgan fingerprint density at radius 3 is 2.55 bits per heavy atom. The highest BCUT2D eigenvalue weighted by Crippen LogP contribution is 2.36. The molecule has 0 heterocycles. The monoisotopic (exact) mass is 470 g/mol. The first-order valence-corrected chi connectivity index (χ1v) is 12.1. The standard InChI is InChI=1S/C25H42O8/c1-3-4-7-10-19(28)13-14-22-21(23(29)15-24(22)30)11-8-5-6-9-12-25(31)32-17-20(16-26)33-18(2)27/h5,8,13-14,19-24,26,28-30H,3-4,6-7,9-12,15-17H2,1-2H3/b8-5+,14-13+/t19-,20-,21+,22+,23-,24+/m0/s1. The van der Waals surface area contributed by atoms with Crippen LogP contribution in [0.25, 0.3) is 0 Å². The summed E-state index contributed by atoms with van der Waals surface area (Å²) in [6.45, 7) is 2.75. The molecule has 0 bridgehead atoms. The highest BCUT2D eigenvalue weighted by molar-refractivity contribution is 5.69. The Hall–Kier alpha value is -1.74. The molecule has 0 unspecified atom stereocenters. The predicted molar refractivity (Wildman–Crippen MR) is 124 cm³/mol. The van der Waals surface area contributed by atoms with Crippen LogP contribution in [0.5, 0.6) is 0 Å².